The smallest absolute Gasteiger partial charge is 0.263 e. The van der Waals surface area contributed by atoms with E-state index in [-0.39, 0.29) is 28.5 Å². The van der Waals surface area contributed by atoms with Crippen LogP contribution in [0.3, 0.4) is 0 Å². The van der Waals surface area contributed by atoms with Crippen molar-refractivity contribution in [3.63, 3.8) is 0 Å². The van der Waals surface area contributed by atoms with Gasteiger partial charge in [0.15, 0.2) is 6.10 Å². The number of hydrogen-bond donors (Lipinski definition) is 2. The molecule has 0 bridgehead atoms. The highest BCUT2D eigenvalue weighted by Gasteiger charge is 2.43. The molecule has 7 heteroatoms. The molecule has 1 aromatic rings. The Morgan fingerprint density at radius 1 is 1.29 bits per heavy atom. The number of benzene rings is 1. The quantitative estimate of drug-likeness (QED) is 0.866. The predicted octanol–water partition coefficient (Wildman–Crippen LogP) is 1.84. The Morgan fingerprint density at radius 2 is 1.88 bits per heavy atom. The van der Waals surface area contributed by atoms with Gasteiger partial charge in [-0.3, -0.25) is 4.79 Å². The second-order valence-corrected chi connectivity index (χ2v) is 7.11. The van der Waals surface area contributed by atoms with Gasteiger partial charge < -0.3 is 19.8 Å². The third kappa shape index (κ3) is 3.50. The van der Waals surface area contributed by atoms with Gasteiger partial charge in [-0.15, -0.1) is 0 Å². The van der Waals surface area contributed by atoms with Crippen molar-refractivity contribution < 1.29 is 24.1 Å². The van der Waals surface area contributed by atoms with Crippen LogP contribution in [0.15, 0.2) is 18.2 Å². The molecule has 0 unspecified atom stereocenters. The topological polar surface area (TPSA) is 70.0 Å². The van der Waals surface area contributed by atoms with Crippen LogP contribution in [-0.4, -0.2) is 52.4 Å². The average Bonchev–Trinajstić information content (AvgIpc) is 2.92. The first-order valence-electron chi connectivity index (χ1n) is 8.11. The van der Waals surface area contributed by atoms with Crippen LogP contribution in [-0.2, 0) is 4.79 Å². The molecule has 5 atom stereocenters. The van der Waals surface area contributed by atoms with Crippen LogP contribution in [0.5, 0.6) is 5.75 Å². The molecule has 2 aliphatic rings. The van der Waals surface area contributed by atoms with Crippen molar-refractivity contribution in [2.45, 2.75) is 38.1 Å². The SMILES string of the molecule is C[C@H](Oc1ccc(F)cc1Cl)C(=O)N1C[C@H]2C[C@H](O)[C@H](O)C[C@H]2C1. The average molecular weight is 358 g/mol. The summed E-state index contributed by atoms with van der Waals surface area (Å²) in [5.74, 6) is 0.0325. The van der Waals surface area contributed by atoms with Crippen LogP contribution in [0.1, 0.15) is 19.8 Å². The molecule has 0 radical (unpaired) electrons. The Labute approximate surface area is 145 Å². The first-order chi connectivity index (χ1) is 11.3. The number of ether oxygens (including phenoxy) is 1. The van der Waals surface area contributed by atoms with Crippen LogP contribution in [0.2, 0.25) is 5.02 Å². The second kappa shape index (κ2) is 6.86. The van der Waals surface area contributed by atoms with Crippen molar-refractivity contribution in [1.29, 1.82) is 0 Å². The summed E-state index contributed by atoms with van der Waals surface area (Å²) in [7, 11) is 0. The monoisotopic (exact) mass is 357 g/mol. The van der Waals surface area contributed by atoms with E-state index < -0.39 is 24.1 Å². The van der Waals surface area contributed by atoms with E-state index in [0.29, 0.717) is 25.9 Å². The minimum Gasteiger partial charge on any atom is -0.479 e. The number of rotatable bonds is 3. The summed E-state index contributed by atoms with van der Waals surface area (Å²) < 4.78 is 18.6. The molecule has 1 saturated carbocycles. The number of halogens is 2. The largest absolute Gasteiger partial charge is 0.479 e. The Bertz CT molecular complexity index is 611. The molecule has 3 rings (SSSR count). The molecule has 1 heterocycles. The molecule has 5 nitrogen and oxygen atoms in total. The van der Waals surface area contributed by atoms with E-state index in [1.807, 2.05) is 0 Å². The third-order valence-electron chi connectivity index (χ3n) is 4.97. The number of nitrogens with zero attached hydrogens (tertiary/aromatic N) is 1. The van der Waals surface area contributed by atoms with E-state index in [1.54, 1.807) is 11.8 Å². The van der Waals surface area contributed by atoms with Crippen molar-refractivity contribution in [3.8, 4) is 5.75 Å². The molecule has 1 amide bonds. The van der Waals surface area contributed by atoms with E-state index in [9.17, 15) is 19.4 Å². The Kier molecular flexibility index (Phi) is 4.99. The summed E-state index contributed by atoms with van der Waals surface area (Å²) in [5.41, 5.74) is 0. The Morgan fingerprint density at radius 3 is 2.42 bits per heavy atom. The number of aliphatic hydroxyl groups is 2. The van der Waals surface area contributed by atoms with Crippen molar-refractivity contribution in [1.82, 2.24) is 4.90 Å². The molecule has 1 saturated heterocycles. The van der Waals surface area contributed by atoms with E-state index in [1.165, 1.54) is 12.1 Å². The minimum atomic E-state index is -0.747. The zero-order valence-electron chi connectivity index (χ0n) is 13.4. The molecule has 1 aliphatic heterocycles. The third-order valence-corrected chi connectivity index (χ3v) is 5.26. The molecule has 1 aromatic carbocycles. The summed E-state index contributed by atoms with van der Waals surface area (Å²) >= 11 is 5.92. The molecule has 0 aromatic heterocycles. The molecule has 0 spiro atoms. The number of carbonyl (C=O) groups excluding carboxylic acids is 1. The van der Waals surface area contributed by atoms with Crippen LogP contribution >= 0.6 is 11.6 Å². The van der Waals surface area contributed by atoms with Crippen LogP contribution in [0.25, 0.3) is 0 Å². The number of fused-ring (bicyclic) bond motifs is 1. The second-order valence-electron chi connectivity index (χ2n) is 6.70. The maximum Gasteiger partial charge on any atom is 0.263 e. The first-order valence-corrected chi connectivity index (χ1v) is 8.49. The summed E-state index contributed by atoms with van der Waals surface area (Å²) in [4.78, 5) is 14.3. The van der Waals surface area contributed by atoms with Crippen molar-refractivity contribution >= 4 is 17.5 Å². The lowest BCUT2D eigenvalue weighted by atomic mass is 9.79. The van der Waals surface area contributed by atoms with Crippen molar-refractivity contribution in [3.05, 3.63) is 29.0 Å². The number of aliphatic hydroxyl groups excluding tert-OH is 2. The van der Waals surface area contributed by atoms with E-state index >= 15 is 0 Å². The standard InChI is InChI=1S/C17H21ClFNO4/c1-9(24-16-3-2-12(19)6-13(16)18)17(23)20-7-10-4-14(21)15(22)5-11(10)8-20/h2-3,6,9-11,14-15,21-22H,4-5,7-8H2,1H3/t9-,10-,11+,14+,15-/m0/s1. The summed E-state index contributed by atoms with van der Waals surface area (Å²) in [6, 6.07) is 3.77. The van der Waals surface area contributed by atoms with E-state index in [0.717, 1.165) is 6.07 Å². The highest BCUT2D eigenvalue weighted by molar-refractivity contribution is 6.32. The Balaban J connectivity index is 1.62. The zero-order chi connectivity index (χ0) is 17.4. The number of hydrogen-bond acceptors (Lipinski definition) is 4. The van der Waals surface area contributed by atoms with Crippen molar-refractivity contribution in [2.75, 3.05) is 13.1 Å². The van der Waals surface area contributed by atoms with Crippen molar-refractivity contribution in [2.24, 2.45) is 11.8 Å². The fraction of sp³-hybridized carbons (Fsp3) is 0.588. The number of carbonyl (C=O) groups is 1. The normalized spacial score (nSPS) is 30.8. The van der Waals surface area contributed by atoms with Gasteiger partial charge in [0.05, 0.1) is 17.2 Å². The fourth-order valence-electron chi connectivity index (χ4n) is 3.66. The molecular weight excluding hydrogens is 337 g/mol. The van der Waals surface area contributed by atoms with Gasteiger partial charge in [-0.1, -0.05) is 11.6 Å². The van der Waals surface area contributed by atoms with Crippen LogP contribution in [0, 0.1) is 17.7 Å². The van der Waals surface area contributed by atoms with Crippen LogP contribution in [0.4, 0.5) is 4.39 Å². The highest BCUT2D eigenvalue weighted by Crippen LogP contribution is 2.37. The lowest BCUT2D eigenvalue weighted by Crippen LogP contribution is -2.39. The molecule has 2 fully saturated rings. The maximum atomic E-state index is 13.1. The molecule has 1 aliphatic carbocycles. The van der Waals surface area contributed by atoms with Gasteiger partial charge in [-0.2, -0.15) is 0 Å². The van der Waals surface area contributed by atoms with Gasteiger partial charge in [-0.25, -0.2) is 4.39 Å². The van der Waals surface area contributed by atoms with Gasteiger partial charge >= 0.3 is 0 Å². The summed E-state index contributed by atoms with van der Waals surface area (Å²) in [5, 5.41) is 19.7. The summed E-state index contributed by atoms with van der Waals surface area (Å²) in [6.07, 6.45) is -1.16. The maximum absolute atomic E-state index is 13.1. The van der Waals surface area contributed by atoms with Crippen LogP contribution < -0.4 is 4.74 Å². The molecule has 2 N–H and O–H groups in total. The molecular formula is C17H21ClFNO4. The predicted molar refractivity (Wildman–Crippen MR) is 86.3 cm³/mol. The van der Waals surface area contributed by atoms with Gasteiger partial charge in [0.1, 0.15) is 11.6 Å². The number of likely N-dealkylation sites (tertiary alicyclic amines) is 1. The Hall–Kier alpha value is -1.37. The van der Waals surface area contributed by atoms with Gasteiger partial charge in [0.25, 0.3) is 5.91 Å². The zero-order valence-corrected chi connectivity index (χ0v) is 14.1. The van der Waals surface area contributed by atoms with E-state index in [2.05, 4.69) is 0 Å². The summed E-state index contributed by atoms with van der Waals surface area (Å²) in [6.45, 7) is 2.74. The lowest BCUT2D eigenvalue weighted by Gasteiger charge is -2.31. The minimum absolute atomic E-state index is 0.121. The van der Waals surface area contributed by atoms with Gasteiger partial charge in [0, 0.05) is 13.1 Å². The number of amides is 1. The fourth-order valence-corrected chi connectivity index (χ4v) is 3.87. The lowest BCUT2D eigenvalue weighted by molar-refractivity contribution is -0.137. The van der Waals surface area contributed by atoms with Gasteiger partial charge in [0.2, 0.25) is 0 Å². The first kappa shape index (κ1) is 17.5. The highest BCUT2D eigenvalue weighted by atomic mass is 35.5. The molecule has 24 heavy (non-hydrogen) atoms. The van der Waals surface area contributed by atoms with Gasteiger partial charge in [-0.05, 0) is 49.8 Å². The van der Waals surface area contributed by atoms with E-state index in [4.69, 9.17) is 16.3 Å². The molecule has 132 valence electrons.